The molecule has 1 aromatic carbocycles. The van der Waals surface area contributed by atoms with Gasteiger partial charge in [-0.15, -0.1) is 13.2 Å². The Hall–Kier alpha value is -1.46. The van der Waals surface area contributed by atoms with E-state index in [9.17, 15) is 17.7 Å². The van der Waals surface area contributed by atoms with Gasteiger partial charge in [-0.25, -0.2) is 4.57 Å². The van der Waals surface area contributed by atoms with Crippen molar-refractivity contribution in [1.29, 1.82) is 0 Å². The lowest BCUT2D eigenvalue weighted by Crippen LogP contribution is -2.14. The van der Waals surface area contributed by atoms with Crippen LogP contribution in [0.1, 0.15) is 0 Å². The second-order valence-electron chi connectivity index (χ2n) is 2.66. The van der Waals surface area contributed by atoms with Crippen molar-refractivity contribution in [2.75, 3.05) is 0 Å². The van der Waals surface area contributed by atoms with Gasteiger partial charge in [-0.2, -0.15) is 4.52 Å². The van der Waals surface area contributed by atoms with Crippen molar-refractivity contribution in [3.63, 3.8) is 0 Å². The lowest BCUT2D eigenvalue weighted by molar-refractivity contribution is -0.281. The standard InChI is InChI=1S/C9H8F3O4P/c1-2-14-17(13,16-9(10,11)12)15-8-6-4-3-5-7-8/h2-7H,1H2. The maximum Gasteiger partial charge on any atom is 0.593 e. The first kappa shape index (κ1) is 13.6. The lowest BCUT2D eigenvalue weighted by Gasteiger charge is -2.17. The zero-order valence-electron chi connectivity index (χ0n) is 8.39. The van der Waals surface area contributed by atoms with Crippen LogP contribution >= 0.6 is 7.82 Å². The van der Waals surface area contributed by atoms with Crippen LogP contribution in [0.3, 0.4) is 0 Å². The zero-order valence-corrected chi connectivity index (χ0v) is 9.28. The highest BCUT2D eigenvalue weighted by atomic mass is 31.2. The fraction of sp³-hybridized carbons (Fsp3) is 0.111. The van der Waals surface area contributed by atoms with Crippen LogP contribution in [0.5, 0.6) is 5.75 Å². The quantitative estimate of drug-likeness (QED) is 0.600. The third-order valence-corrected chi connectivity index (χ3v) is 2.65. The molecule has 4 nitrogen and oxygen atoms in total. The highest BCUT2D eigenvalue weighted by Gasteiger charge is 2.45. The third-order valence-electron chi connectivity index (χ3n) is 1.38. The Labute approximate surface area is 95.2 Å². The van der Waals surface area contributed by atoms with Crippen molar-refractivity contribution in [3.05, 3.63) is 43.2 Å². The molecule has 17 heavy (non-hydrogen) atoms. The molecule has 1 aromatic rings. The summed E-state index contributed by atoms with van der Waals surface area (Å²) in [7, 11) is -4.81. The normalized spacial score (nSPS) is 14.8. The van der Waals surface area contributed by atoms with Gasteiger partial charge < -0.3 is 9.05 Å². The summed E-state index contributed by atoms with van der Waals surface area (Å²) < 4.78 is 59.5. The van der Waals surface area contributed by atoms with Crippen molar-refractivity contribution in [2.24, 2.45) is 0 Å². The van der Waals surface area contributed by atoms with Crippen LogP contribution in [0, 0.1) is 0 Å². The Kier molecular flexibility index (Phi) is 4.20. The predicted octanol–water partition coefficient (Wildman–Crippen LogP) is 3.87. The van der Waals surface area contributed by atoms with E-state index in [-0.39, 0.29) is 5.75 Å². The van der Waals surface area contributed by atoms with Crippen LogP contribution in [0.4, 0.5) is 13.2 Å². The van der Waals surface area contributed by atoms with Gasteiger partial charge in [-0.3, -0.25) is 0 Å². The van der Waals surface area contributed by atoms with E-state index >= 15 is 0 Å². The van der Waals surface area contributed by atoms with Gasteiger partial charge in [0.05, 0.1) is 6.26 Å². The van der Waals surface area contributed by atoms with E-state index in [1.54, 1.807) is 6.07 Å². The molecule has 0 N–H and O–H groups in total. The van der Waals surface area contributed by atoms with Gasteiger partial charge in [0.15, 0.2) is 0 Å². The summed E-state index contributed by atoms with van der Waals surface area (Å²) in [6, 6.07) is 7.19. The molecule has 1 rings (SSSR count). The highest BCUT2D eigenvalue weighted by molar-refractivity contribution is 7.49. The maximum atomic E-state index is 12.0. The highest BCUT2D eigenvalue weighted by Crippen LogP contribution is 2.53. The number of phosphoric ester groups is 1. The molecule has 0 aliphatic carbocycles. The van der Waals surface area contributed by atoms with Crippen LogP contribution < -0.4 is 4.52 Å². The van der Waals surface area contributed by atoms with Crippen LogP contribution in [0.2, 0.25) is 0 Å². The second-order valence-corrected chi connectivity index (χ2v) is 4.13. The monoisotopic (exact) mass is 268 g/mol. The fourth-order valence-corrected chi connectivity index (χ4v) is 1.83. The number of halogens is 3. The van der Waals surface area contributed by atoms with Crippen molar-refractivity contribution in [1.82, 2.24) is 0 Å². The van der Waals surface area contributed by atoms with E-state index in [1.165, 1.54) is 24.3 Å². The Bertz CT molecular complexity index is 418. The van der Waals surface area contributed by atoms with E-state index in [0.29, 0.717) is 6.26 Å². The number of rotatable bonds is 5. The topological polar surface area (TPSA) is 44.8 Å². The minimum absolute atomic E-state index is 0.0815. The summed E-state index contributed by atoms with van der Waals surface area (Å²) in [5.41, 5.74) is 0. The average molecular weight is 268 g/mol. The second kappa shape index (κ2) is 5.25. The Morgan fingerprint density at radius 3 is 2.29 bits per heavy atom. The Morgan fingerprint density at radius 1 is 1.24 bits per heavy atom. The van der Waals surface area contributed by atoms with Gasteiger partial charge in [-0.05, 0) is 12.1 Å². The number of hydrogen-bond acceptors (Lipinski definition) is 4. The lowest BCUT2D eigenvalue weighted by atomic mass is 10.3. The number of benzene rings is 1. The molecule has 0 heterocycles. The van der Waals surface area contributed by atoms with E-state index in [2.05, 4.69) is 20.2 Å². The molecule has 8 heteroatoms. The minimum Gasteiger partial charge on any atom is -0.404 e. The molecule has 0 aliphatic heterocycles. The number of hydrogen-bond donors (Lipinski definition) is 0. The summed E-state index contributed by atoms with van der Waals surface area (Å²) in [4.78, 5) is 0. The molecule has 0 spiro atoms. The van der Waals surface area contributed by atoms with Crippen molar-refractivity contribution >= 4 is 7.82 Å². The molecule has 0 fully saturated rings. The third kappa shape index (κ3) is 4.93. The molecule has 1 unspecified atom stereocenters. The molecule has 94 valence electrons. The molecule has 0 saturated carbocycles. The Balaban J connectivity index is 2.86. The molecule has 0 bridgehead atoms. The van der Waals surface area contributed by atoms with E-state index < -0.39 is 14.2 Å². The Morgan fingerprint density at radius 2 is 1.82 bits per heavy atom. The first-order valence-corrected chi connectivity index (χ1v) is 5.72. The number of alkyl halides is 3. The largest absolute Gasteiger partial charge is 0.593 e. The summed E-state index contributed by atoms with van der Waals surface area (Å²) in [6.07, 6.45) is -4.59. The molecule has 0 aromatic heterocycles. The van der Waals surface area contributed by atoms with E-state index in [1.807, 2.05) is 0 Å². The van der Waals surface area contributed by atoms with Crippen molar-refractivity contribution in [3.8, 4) is 5.75 Å². The van der Waals surface area contributed by atoms with Gasteiger partial charge in [0.2, 0.25) is 0 Å². The van der Waals surface area contributed by atoms with Gasteiger partial charge in [0.1, 0.15) is 5.75 Å². The smallest absolute Gasteiger partial charge is 0.404 e. The van der Waals surface area contributed by atoms with Crippen LogP contribution in [0.25, 0.3) is 0 Å². The van der Waals surface area contributed by atoms with Crippen LogP contribution in [0.15, 0.2) is 43.2 Å². The molecular formula is C9H8F3O4P. The van der Waals surface area contributed by atoms with Crippen molar-refractivity contribution in [2.45, 2.75) is 6.36 Å². The SMILES string of the molecule is C=COP(=O)(Oc1ccccc1)OC(F)(F)F. The summed E-state index contributed by atoms with van der Waals surface area (Å²) in [5.74, 6) is -0.0815. The van der Waals surface area contributed by atoms with Crippen LogP contribution in [-0.4, -0.2) is 6.36 Å². The summed E-state index contributed by atoms with van der Waals surface area (Å²) in [6.45, 7) is 3.00. The summed E-state index contributed by atoms with van der Waals surface area (Å²) >= 11 is 0. The summed E-state index contributed by atoms with van der Waals surface area (Å²) in [5, 5.41) is 0. The zero-order chi connectivity index (χ0) is 12.9. The van der Waals surface area contributed by atoms with E-state index in [4.69, 9.17) is 0 Å². The fourth-order valence-electron chi connectivity index (χ4n) is 0.890. The van der Waals surface area contributed by atoms with Gasteiger partial charge >= 0.3 is 14.2 Å². The first-order valence-electron chi connectivity index (χ1n) is 4.26. The molecule has 1 atom stereocenters. The minimum atomic E-state index is -5.15. The van der Waals surface area contributed by atoms with Gasteiger partial charge in [0, 0.05) is 0 Å². The first-order chi connectivity index (χ1) is 7.85. The van der Waals surface area contributed by atoms with Crippen molar-refractivity contribution < 1.29 is 31.3 Å². The predicted molar refractivity (Wildman–Crippen MR) is 53.1 cm³/mol. The number of para-hydroxylation sites is 1. The maximum absolute atomic E-state index is 12.0. The van der Waals surface area contributed by atoms with Crippen LogP contribution in [-0.2, 0) is 13.6 Å². The van der Waals surface area contributed by atoms with Gasteiger partial charge in [0.25, 0.3) is 0 Å². The molecule has 0 radical (unpaired) electrons. The number of phosphoric acid groups is 1. The van der Waals surface area contributed by atoms with Gasteiger partial charge in [-0.1, -0.05) is 24.8 Å². The van der Waals surface area contributed by atoms with E-state index in [0.717, 1.165) is 0 Å². The average Bonchev–Trinajstić information content (AvgIpc) is 2.15. The molecule has 0 aliphatic rings. The molecule has 0 saturated heterocycles. The molecule has 0 amide bonds. The molecular weight excluding hydrogens is 260 g/mol.